The first-order valence-corrected chi connectivity index (χ1v) is 7.78. The fraction of sp³-hybridized carbons (Fsp3) is 0.333. The smallest absolute Gasteiger partial charge is 0.269 e. The van der Waals surface area contributed by atoms with Crippen LogP contribution in [0.25, 0.3) is 0 Å². The Labute approximate surface area is 136 Å². The van der Waals surface area contributed by atoms with Gasteiger partial charge in [0.2, 0.25) is 0 Å². The number of nitrogens with zero attached hydrogens (tertiary/aromatic N) is 1. The average Bonchev–Trinajstić information content (AvgIpc) is 2.55. The van der Waals surface area contributed by atoms with E-state index in [4.69, 9.17) is 0 Å². The number of carbonyl (C=O) groups is 1. The van der Waals surface area contributed by atoms with E-state index in [1.165, 1.54) is 6.07 Å². The van der Waals surface area contributed by atoms with Gasteiger partial charge in [-0.15, -0.1) is 0 Å². The molecule has 2 aromatic rings. The van der Waals surface area contributed by atoms with Crippen molar-refractivity contribution in [1.82, 2.24) is 10.3 Å². The van der Waals surface area contributed by atoms with Gasteiger partial charge in [0, 0.05) is 13.1 Å². The molecule has 1 heterocycles. The molecule has 0 aliphatic carbocycles. The highest BCUT2D eigenvalue weighted by atomic mass is 19.1. The van der Waals surface area contributed by atoms with Crippen LogP contribution in [0.3, 0.4) is 0 Å². The quantitative estimate of drug-likeness (QED) is 0.824. The van der Waals surface area contributed by atoms with E-state index in [0.29, 0.717) is 30.1 Å². The van der Waals surface area contributed by atoms with Crippen LogP contribution in [-0.2, 0) is 6.42 Å². The minimum absolute atomic E-state index is 0.250. The molecule has 0 spiro atoms. The molecule has 1 aromatic carbocycles. The Morgan fingerprint density at radius 2 is 2.00 bits per heavy atom. The molecule has 0 saturated carbocycles. The highest BCUT2D eigenvalue weighted by Crippen LogP contribution is 2.08. The third kappa shape index (κ3) is 5.36. The van der Waals surface area contributed by atoms with Gasteiger partial charge in [-0.3, -0.25) is 4.79 Å². The molecule has 1 amide bonds. The molecule has 2 N–H and O–H groups in total. The van der Waals surface area contributed by atoms with E-state index in [-0.39, 0.29) is 11.7 Å². The van der Waals surface area contributed by atoms with E-state index in [1.807, 2.05) is 6.07 Å². The highest BCUT2D eigenvalue weighted by molar-refractivity contribution is 5.92. The lowest BCUT2D eigenvalue weighted by atomic mass is 10.1. The molecule has 0 bridgehead atoms. The first kappa shape index (κ1) is 16.9. The summed E-state index contributed by atoms with van der Waals surface area (Å²) in [4.78, 5) is 16.2. The van der Waals surface area contributed by atoms with Gasteiger partial charge in [0.15, 0.2) is 0 Å². The molecule has 0 aliphatic rings. The zero-order chi connectivity index (χ0) is 16.7. The van der Waals surface area contributed by atoms with Crippen LogP contribution in [-0.4, -0.2) is 24.0 Å². The molecule has 0 atom stereocenters. The summed E-state index contributed by atoms with van der Waals surface area (Å²) in [6.07, 6.45) is 2.10. The van der Waals surface area contributed by atoms with Crippen LogP contribution in [0.1, 0.15) is 29.9 Å². The molecule has 0 unspecified atom stereocenters. The predicted octanol–water partition coefficient (Wildman–Crippen LogP) is 3.26. The first-order chi connectivity index (χ1) is 11.1. The third-order valence-corrected chi connectivity index (χ3v) is 3.35. The van der Waals surface area contributed by atoms with Gasteiger partial charge in [-0.2, -0.15) is 0 Å². The molecular weight excluding hydrogens is 293 g/mol. The summed E-state index contributed by atoms with van der Waals surface area (Å²) >= 11 is 0. The molecule has 0 aliphatic heterocycles. The van der Waals surface area contributed by atoms with Crippen LogP contribution in [0.15, 0.2) is 42.6 Å². The SMILES string of the molecule is CC(C)CNc1ccc(C(=O)NCCc2ccccc2F)nc1. The van der Waals surface area contributed by atoms with E-state index < -0.39 is 0 Å². The lowest BCUT2D eigenvalue weighted by molar-refractivity contribution is 0.0949. The van der Waals surface area contributed by atoms with Gasteiger partial charge < -0.3 is 10.6 Å². The van der Waals surface area contributed by atoms with E-state index in [9.17, 15) is 9.18 Å². The van der Waals surface area contributed by atoms with Gasteiger partial charge >= 0.3 is 0 Å². The number of aromatic nitrogens is 1. The first-order valence-electron chi connectivity index (χ1n) is 7.78. The van der Waals surface area contributed by atoms with Gasteiger partial charge in [-0.25, -0.2) is 9.37 Å². The fourth-order valence-corrected chi connectivity index (χ4v) is 2.06. The minimum atomic E-state index is -0.253. The van der Waals surface area contributed by atoms with E-state index in [0.717, 1.165) is 12.2 Å². The zero-order valence-corrected chi connectivity index (χ0v) is 13.5. The lowest BCUT2D eigenvalue weighted by Gasteiger charge is -2.09. The maximum absolute atomic E-state index is 13.5. The zero-order valence-electron chi connectivity index (χ0n) is 13.5. The van der Waals surface area contributed by atoms with Crippen molar-refractivity contribution in [3.63, 3.8) is 0 Å². The number of hydrogen-bond donors (Lipinski definition) is 2. The van der Waals surface area contributed by atoms with Crippen molar-refractivity contribution in [3.05, 3.63) is 59.7 Å². The summed E-state index contributed by atoms with van der Waals surface area (Å²) in [6.45, 7) is 5.47. The van der Waals surface area contributed by atoms with Crippen molar-refractivity contribution in [2.24, 2.45) is 5.92 Å². The Bertz CT molecular complexity index is 641. The maximum Gasteiger partial charge on any atom is 0.269 e. The van der Waals surface area contributed by atoms with E-state index in [2.05, 4.69) is 29.5 Å². The molecule has 23 heavy (non-hydrogen) atoms. The summed E-state index contributed by atoms with van der Waals surface area (Å²) in [7, 11) is 0. The van der Waals surface area contributed by atoms with Crippen molar-refractivity contribution in [2.45, 2.75) is 20.3 Å². The number of amides is 1. The van der Waals surface area contributed by atoms with Gasteiger partial charge in [-0.1, -0.05) is 32.0 Å². The fourth-order valence-electron chi connectivity index (χ4n) is 2.06. The average molecular weight is 315 g/mol. The standard InChI is InChI=1S/C18H22FN3O/c1-13(2)11-21-15-7-8-17(22-12-15)18(23)20-10-9-14-5-3-4-6-16(14)19/h3-8,12-13,21H,9-11H2,1-2H3,(H,20,23). The van der Waals surface area contributed by atoms with E-state index in [1.54, 1.807) is 30.5 Å². The maximum atomic E-state index is 13.5. The number of pyridine rings is 1. The number of nitrogens with one attached hydrogen (secondary N) is 2. The van der Waals surface area contributed by atoms with Crippen LogP contribution in [0, 0.1) is 11.7 Å². The highest BCUT2D eigenvalue weighted by Gasteiger charge is 2.07. The Morgan fingerprint density at radius 1 is 1.22 bits per heavy atom. The Kier molecular flexibility index (Phi) is 6.09. The Hall–Kier alpha value is -2.43. The van der Waals surface area contributed by atoms with Crippen molar-refractivity contribution in [3.8, 4) is 0 Å². The lowest BCUT2D eigenvalue weighted by Crippen LogP contribution is -2.26. The Balaban J connectivity index is 1.82. The topological polar surface area (TPSA) is 54.0 Å². The van der Waals surface area contributed by atoms with Crippen LogP contribution in [0.4, 0.5) is 10.1 Å². The van der Waals surface area contributed by atoms with Crippen molar-refractivity contribution in [1.29, 1.82) is 0 Å². The van der Waals surface area contributed by atoms with Crippen LogP contribution in [0.5, 0.6) is 0 Å². The minimum Gasteiger partial charge on any atom is -0.384 e. The summed E-state index contributed by atoms with van der Waals surface area (Å²) in [5.74, 6) is 0.0357. The van der Waals surface area contributed by atoms with Crippen LogP contribution in [0.2, 0.25) is 0 Å². The molecule has 122 valence electrons. The summed E-state index contributed by atoms with van der Waals surface area (Å²) in [5, 5.41) is 6.00. The largest absolute Gasteiger partial charge is 0.384 e. The molecular formula is C18H22FN3O. The third-order valence-electron chi connectivity index (χ3n) is 3.35. The normalized spacial score (nSPS) is 10.6. The predicted molar refractivity (Wildman–Crippen MR) is 90.0 cm³/mol. The van der Waals surface area contributed by atoms with Crippen LogP contribution >= 0.6 is 0 Å². The van der Waals surface area contributed by atoms with Gasteiger partial charge in [0.25, 0.3) is 5.91 Å². The molecule has 2 rings (SSSR count). The molecule has 4 nitrogen and oxygen atoms in total. The molecule has 5 heteroatoms. The molecule has 1 aromatic heterocycles. The second-order valence-corrected chi connectivity index (χ2v) is 5.80. The molecule has 0 saturated heterocycles. The number of rotatable bonds is 7. The second kappa shape index (κ2) is 8.27. The Morgan fingerprint density at radius 3 is 2.65 bits per heavy atom. The van der Waals surface area contributed by atoms with Gasteiger partial charge in [-0.05, 0) is 36.1 Å². The van der Waals surface area contributed by atoms with Gasteiger partial charge in [0.1, 0.15) is 11.5 Å². The number of hydrogen-bond acceptors (Lipinski definition) is 3. The van der Waals surface area contributed by atoms with Crippen molar-refractivity contribution < 1.29 is 9.18 Å². The van der Waals surface area contributed by atoms with Crippen molar-refractivity contribution >= 4 is 11.6 Å². The molecule has 0 radical (unpaired) electrons. The second-order valence-electron chi connectivity index (χ2n) is 5.80. The molecule has 0 fully saturated rings. The number of halogens is 1. The van der Waals surface area contributed by atoms with E-state index >= 15 is 0 Å². The monoisotopic (exact) mass is 315 g/mol. The summed E-state index contributed by atoms with van der Waals surface area (Å²) in [6, 6.07) is 10.1. The number of anilines is 1. The van der Waals surface area contributed by atoms with Gasteiger partial charge in [0.05, 0.1) is 11.9 Å². The summed E-state index contributed by atoms with van der Waals surface area (Å²) < 4.78 is 13.5. The number of benzene rings is 1. The summed E-state index contributed by atoms with van der Waals surface area (Å²) in [5.41, 5.74) is 1.84. The number of carbonyl (C=O) groups excluding carboxylic acids is 1. The van der Waals surface area contributed by atoms with Crippen LogP contribution < -0.4 is 10.6 Å². The van der Waals surface area contributed by atoms with Crippen molar-refractivity contribution in [2.75, 3.05) is 18.4 Å².